The van der Waals surface area contributed by atoms with Gasteiger partial charge >= 0.3 is 5.97 Å². The van der Waals surface area contributed by atoms with Gasteiger partial charge < -0.3 is 10.2 Å². The Balaban J connectivity index is 3.55. The van der Waals surface area contributed by atoms with Gasteiger partial charge in [0.2, 0.25) is 0 Å². The van der Waals surface area contributed by atoms with Crippen molar-refractivity contribution >= 4 is 0 Å². The Labute approximate surface area is 44.4 Å². The van der Waals surface area contributed by atoms with Crippen molar-refractivity contribution in [3.63, 3.8) is 0 Å². The van der Waals surface area contributed by atoms with E-state index in [1.165, 1.54) is 0 Å². The van der Waals surface area contributed by atoms with Gasteiger partial charge in [-0.15, -0.1) is 10.1 Å². The lowest BCUT2D eigenvalue weighted by Gasteiger charge is -2.10. The molecule has 0 heterocycles. The second-order valence-corrected chi connectivity index (χ2v) is 1.25. The van der Waals surface area contributed by atoms with E-state index in [1.54, 1.807) is 0 Å². The largest absolute Gasteiger partial charge is 0.345 e. The second kappa shape index (κ2) is 1.93. The van der Waals surface area contributed by atoms with Crippen LogP contribution in [0.3, 0.4) is 0 Å². The standard InChI is InChI=1S/C2H5NO5/c1-2(4,5)8-3(6)7/h4-5H,1H3. The predicted octanol–water partition coefficient (Wildman–Crippen LogP) is -1.15. The number of rotatable bonds is 2. The zero-order valence-electron chi connectivity index (χ0n) is 4.07. The normalized spacial score (nSPS) is 10.9. The molecule has 2 N–H and O–H groups in total. The van der Waals surface area contributed by atoms with Crippen molar-refractivity contribution < 1.29 is 20.1 Å². The van der Waals surface area contributed by atoms with Gasteiger partial charge in [-0.1, -0.05) is 0 Å². The van der Waals surface area contributed by atoms with Crippen LogP contribution in [0.25, 0.3) is 0 Å². The van der Waals surface area contributed by atoms with Crippen molar-refractivity contribution in [3.8, 4) is 0 Å². The number of hydrogen-bond acceptors (Lipinski definition) is 5. The van der Waals surface area contributed by atoms with Crippen LogP contribution in [-0.2, 0) is 4.84 Å². The third-order valence-electron chi connectivity index (χ3n) is 0.247. The molecule has 0 aliphatic heterocycles. The summed E-state index contributed by atoms with van der Waals surface area (Å²) >= 11 is 0. The molecule has 0 saturated heterocycles. The fourth-order valence-electron chi connectivity index (χ4n) is 0.141. The topological polar surface area (TPSA) is 92.8 Å². The quantitative estimate of drug-likeness (QED) is 0.275. The first kappa shape index (κ1) is 7.12. The molecule has 0 spiro atoms. The second-order valence-electron chi connectivity index (χ2n) is 1.25. The molecular weight excluding hydrogens is 118 g/mol. The van der Waals surface area contributed by atoms with E-state index in [4.69, 9.17) is 10.2 Å². The fraction of sp³-hybridized carbons (Fsp3) is 1.00. The lowest BCUT2D eigenvalue weighted by molar-refractivity contribution is -0.811. The van der Waals surface area contributed by atoms with Crippen molar-refractivity contribution in [3.05, 3.63) is 10.1 Å². The highest BCUT2D eigenvalue weighted by Gasteiger charge is 2.19. The van der Waals surface area contributed by atoms with Crippen molar-refractivity contribution in [2.24, 2.45) is 0 Å². The molecule has 0 unspecified atom stereocenters. The average molecular weight is 123 g/mol. The Morgan fingerprint density at radius 1 is 1.75 bits per heavy atom. The van der Waals surface area contributed by atoms with Crippen LogP contribution in [-0.4, -0.2) is 21.3 Å². The van der Waals surface area contributed by atoms with Crippen LogP contribution in [0.1, 0.15) is 6.92 Å². The predicted molar refractivity (Wildman–Crippen MR) is 20.9 cm³/mol. The molecule has 6 nitrogen and oxygen atoms in total. The summed E-state index contributed by atoms with van der Waals surface area (Å²) < 4.78 is 0. The van der Waals surface area contributed by atoms with Gasteiger partial charge in [0.25, 0.3) is 5.09 Å². The van der Waals surface area contributed by atoms with E-state index in [0.29, 0.717) is 0 Å². The first-order chi connectivity index (χ1) is 3.42. The Morgan fingerprint density at radius 2 is 2.12 bits per heavy atom. The van der Waals surface area contributed by atoms with Crippen LogP contribution < -0.4 is 0 Å². The summed E-state index contributed by atoms with van der Waals surface area (Å²) in [4.78, 5) is 12.5. The molecule has 0 aliphatic rings. The van der Waals surface area contributed by atoms with Crippen LogP contribution in [0.5, 0.6) is 0 Å². The van der Waals surface area contributed by atoms with Gasteiger partial charge in [-0.25, -0.2) is 4.84 Å². The van der Waals surface area contributed by atoms with Crippen molar-refractivity contribution in [1.82, 2.24) is 0 Å². The van der Waals surface area contributed by atoms with Crippen LogP contribution in [0.4, 0.5) is 0 Å². The van der Waals surface area contributed by atoms with Crippen LogP contribution >= 0.6 is 0 Å². The minimum absolute atomic E-state index is 0.732. The maximum atomic E-state index is 9.28. The Bertz CT molecular complexity index is 93.1. The van der Waals surface area contributed by atoms with E-state index >= 15 is 0 Å². The summed E-state index contributed by atoms with van der Waals surface area (Å²) in [5, 5.41) is 24.1. The third-order valence-corrected chi connectivity index (χ3v) is 0.247. The summed E-state index contributed by atoms with van der Waals surface area (Å²) in [7, 11) is 0. The van der Waals surface area contributed by atoms with Gasteiger partial charge in [0, 0.05) is 6.92 Å². The first-order valence-corrected chi connectivity index (χ1v) is 1.70. The lowest BCUT2D eigenvalue weighted by Crippen LogP contribution is -2.29. The molecule has 0 rings (SSSR count). The molecule has 48 valence electrons. The van der Waals surface area contributed by atoms with Gasteiger partial charge in [-0.05, 0) is 0 Å². The molecule has 0 amide bonds. The monoisotopic (exact) mass is 123 g/mol. The van der Waals surface area contributed by atoms with Crippen LogP contribution in [0.15, 0.2) is 0 Å². The Kier molecular flexibility index (Phi) is 1.72. The molecule has 8 heavy (non-hydrogen) atoms. The summed E-state index contributed by atoms with van der Waals surface area (Å²) in [6.45, 7) is 0.732. The number of nitrogens with zero attached hydrogens (tertiary/aromatic N) is 1. The van der Waals surface area contributed by atoms with E-state index in [9.17, 15) is 10.1 Å². The van der Waals surface area contributed by atoms with E-state index in [0.717, 1.165) is 6.92 Å². The maximum absolute atomic E-state index is 9.28. The van der Waals surface area contributed by atoms with Crippen molar-refractivity contribution in [2.75, 3.05) is 0 Å². The molecule has 0 radical (unpaired) electrons. The van der Waals surface area contributed by atoms with Crippen LogP contribution in [0.2, 0.25) is 0 Å². The van der Waals surface area contributed by atoms with Crippen molar-refractivity contribution in [2.45, 2.75) is 12.9 Å². The lowest BCUT2D eigenvalue weighted by atomic mass is 10.7. The molecule has 0 aromatic carbocycles. The maximum Gasteiger partial charge on any atom is 0.317 e. The summed E-state index contributed by atoms with van der Waals surface area (Å²) in [5.41, 5.74) is 0. The summed E-state index contributed by atoms with van der Waals surface area (Å²) in [6.07, 6.45) is 0. The van der Waals surface area contributed by atoms with Gasteiger partial charge in [-0.2, -0.15) is 0 Å². The summed E-state index contributed by atoms with van der Waals surface area (Å²) in [5.74, 6) is -2.68. The van der Waals surface area contributed by atoms with E-state index in [1.807, 2.05) is 0 Å². The first-order valence-electron chi connectivity index (χ1n) is 1.70. The Hall–Kier alpha value is -0.880. The minimum atomic E-state index is -2.68. The zero-order valence-corrected chi connectivity index (χ0v) is 4.07. The van der Waals surface area contributed by atoms with Crippen LogP contribution in [0, 0.1) is 10.1 Å². The summed E-state index contributed by atoms with van der Waals surface area (Å²) in [6, 6.07) is 0. The molecule has 0 aromatic rings. The average Bonchev–Trinajstić information content (AvgIpc) is 1.21. The van der Waals surface area contributed by atoms with Gasteiger partial charge in [0.05, 0.1) is 0 Å². The highest BCUT2D eigenvalue weighted by molar-refractivity contribution is 4.25. The van der Waals surface area contributed by atoms with E-state index < -0.39 is 11.1 Å². The van der Waals surface area contributed by atoms with Gasteiger partial charge in [-0.3, -0.25) is 0 Å². The van der Waals surface area contributed by atoms with Gasteiger partial charge in [0.1, 0.15) is 0 Å². The molecule has 0 saturated carbocycles. The van der Waals surface area contributed by atoms with E-state index in [2.05, 4.69) is 4.84 Å². The number of aliphatic hydroxyl groups is 2. The molecular formula is C2H5NO5. The third kappa shape index (κ3) is 5.12. The van der Waals surface area contributed by atoms with Gasteiger partial charge in [0.15, 0.2) is 0 Å². The molecule has 0 bridgehead atoms. The molecule has 0 aliphatic carbocycles. The molecule has 6 heteroatoms. The highest BCUT2D eigenvalue weighted by Crippen LogP contribution is 1.97. The van der Waals surface area contributed by atoms with Crippen molar-refractivity contribution in [1.29, 1.82) is 0 Å². The minimum Gasteiger partial charge on any atom is -0.345 e. The zero-order chi connectivity index (χ0) is 6.78. The SMILES string of the molecule is CC(O)(O)O[N+](=O)[O-]. The molecule has 0 atom stereocenters. The smallest absolute Gasteiger partial charge is 0.317 e. The Morgan fingerprint density at radius 3 is 2.12 bits per heavy atom. The highest BCUT2D eigenvalue weighted by atomic mass is 17.0. The number of hydrogen-bond donors (Lipinski definition) is 2. The molecule has 0 fully saturated rings. The molecule has 0 aromatic heterocycles. The van der Waals surface area contributed by atoms with E-state index in [-0.39, 0.29) is 0 Å². The fourth-order valence-corrected chi connectivity index (χ4v) is 0.141.